The molecule has 0 saturated heterocycles. The van der Waals surface area contributed by atoms with Crippen LogP contribution in [0.3, 0.4) is 0 Å². The molecule has 0 fully saturated rings. The smallest absolute Gasteiger partial charge is 0.0489 e. The monoisotopic (exact) mass is 572 g/mol. The first-order chi connectivity index (χ1) is 22.2. The molecule has 0 atom stereocenters. The standard InChI is InChI=1S/C43H28N2/c1-45-41-17-9-7-13-32(41)38-23-27(19-21-42(38)45)36-25-28-24-35(26-18-20-40-37(22-26)31-12-6-8-16-39(31)44-40)29-10-2-4-14-33(29)43(28)34-15-5-3-11-30(34)36/h2-25,44H,1H3. The number of aromatic nitrogens is 2. The van der Waals surface area contributed by atoms with Crippen molar-refractivity contribution in [2.45, 2.75) is 0 Å². The van der Waals surface area contributed by atoms with Crippen LogP contribution in [-0.2, 0) is 7.05 Å². The van der Waals surface area contributed by atoms with Gasteiger partial charge in [-0.3, -0.25) is 0 Å². The minimum atomic E-state index is 1.17. The topological polar surface area (TPSA) is 20.7 Å². The lowest BCUT2D eigenvalue weighted by Crippen LogP contribution is -1.90. The van der Waals surface area contributed by atoms with Gasteiger partial charge >= 0.3 is 0 Å². The lowest BCUT2D eigenvalue weighted by atomic mass is 9.87. The van der Waals surface area contributed by atoms with Crippen LogP contribution in [0, 0.1) is 0 Å². The van der Waals surface area contributed by atoms with Gasteiger partial charge < -0.3 is 9.55 Å². The fourth-order valence-corrected chi connectivity index (χ4v) is 7.81. The molecule has 0 aliphatic rings. The number of benzene rings is 8. The molecule has 0 spiro atoms. The number of rotatable bonds is 2. The Balaban J connectivity index is 1.28. The summed E-state index contributed by atoms with van der Waals surface area (Å²) in [4.78, 5) is 3.59. The van der Waals surface area contributed by atoms with Crippen molar-refractivity contribution in [2.24, 2.45) is 7.05 Å². The van der Waals surface area contributed by atoms with Crippen LogP contribution in [0.4, 0.5) is 0 Å². The minimum Gasteiger partial charge on any atom is -0.355 e. The van der Waals surface area contributed by atoms with Crippen LogP contribution < -0.4 is 0 Å². The van der Waals surface area contributed by atoms with Gasteiger partial charge in [0.15, 0.2) is 0 Å². The molecule has 0 amide bonds. The zero-order chi connectivity index (χ0) is 29.6. The van der Waals surface area contributed by atoms with Crippen molar-refractivity contribution in [1.82, 2.24) is 9.55 Å². The van der Waals surface area contributed by atoms with Crippen LogP contribution in [-0.4, -0.2) is 9.55 Å². The van der Waals surface area contributed by atoms with Gasteiger partial charge in [-0.05, 0) is 103 Å². The summed E-state index contributed by atoms with van der Waals surface area (Å²) in [6.45, 7) is 0. The highest BCUT2D eigenvalue weighted by atomic mass is 14.9. The molecule has 1 N–H and O–H groups in total. The van der Waals surface area contributed by atoms with Gasteiger partial charge in [0.05, 0.1) is 0 Å². The summed E-state index contributed by atoms with van der Waals surface area (Å²) < 4.78 is 2.30. The second kappa shape index (κ2) is 9.07. The average molecular weight is 573 g/mol. The molecule has 2 heterocycles. The molecule has 45 heavy (non-hydrogen) atoms. The van der Waals surface area contributed by atoms with Gasteiger partial charge in [-0.1, -0.05) is 97.1 Å². The molecular weight excluding hydrogens is 544 g/mol. The summed E-state index contributed by atoms with van der Waals surface area (Å²) in [6.07, 6.45) is 0. The molecule has 8 aromatic carbocycles. The first-order valence-corrected chi connectivity index (χ1v) is 15.6. The van der Waals surface area contributed by atoms with Gasteiger partial charge in [0, 0.05) is 50.7 Å². The number of hydrogen-bond donors (Lipinski definition) is 1. The van der Waals surface area contributed by atoms with E-state index in [1.54, 1.807) is 0 Å². The van der Waals surface area contributed by atoms with Crippen LogP contribution in [0.2, 0.25) is 0 Å². The average Bonchev–Trinajstić information content (AvgIpc) is 3.61. The zero-order valence-corrected chi connectivity index (χ0v) is 24.8. The number of aryl methyl sites for hydroxylation is 1. The Kier molecular flexibility index (Phi) is 4.95. The van der Waals surface area contributed by atoms with Gasteiger partial charge in [-0.2, -0.15) is 0 Å². The maximum atomic E-state index is 3.59. The SMILES string of the molecule is Cn1c2ccccc2c2cc(-c3cc4cc(-c5ccc6[nH]c7ccccc7c6c5)c5ccccc5c4c4ccccc34)ccc21. The third kappa shape index (κ3) is 3.45. The largest absolute Gasteiger partial charge is 0.355 e. The molecule has 0 saturated carbocycles. The third-order valence-corrected chi connectivity index (χ3v) is 9.90. The summed E-state index contributed by atoms with van der Waals surface area (Å²) in [5.41, 5.74) is 9.86. The molecule has 0 radical (unpaired) electrons. The summed E-state index contributed by atoms with van der Waals surface area (Å²) in [6, 6.07) is 53.8. The minimum absolute atomic E-state index is 1.17. The molecule has 10 rings (SSSR count). The van der Waals surface area contributed by atoms with E-state index in [9.17, 15) is 0 Å². The number of nitrogens with zero attached hydrogens (tertiary/aromatic N) is 1. The van der Waals surface area contributed by atoms with Gasteiger partial charge in [0.25, 0.3) is 0 Å². The first-order valence-electron chi connectivity index (χ1n) is 15.6. The summed E-state index contributed by atoms with van der Waals surface area (Å²) >= 11 is 0. The molecule has 0 unspecified atom stereocenters. The van der Waals surface area contributed by atoms with Crippen molar-refractivity contribution in [1.29, 1.82) is 0 Å². The van der Waals surface area contributed by atoms with Gasteiger partial charge in [-0.25, -0.2) is 0 Å². The highest BCUT2D eigenvalue weighted by Gasteiger charge is 2.16. The summed E-state index contributed by atoms with van der Waals surface area (Å²) in [5.74, 6) is 0. The Morgan fingerprint density at radius 1 is 0.400 bits per heavy atom. The molecule has 2 heteroatoms. The Hall–Kier alpha value is -5.86. The quantitative estimate of drug-likeness (QED) is 0.199. The van der Waals surface area contributed by atoms with Crippen LogP contribution in [0.5, 0.6) is 0 Å². The number of nitrogens with one attached hydrogen (secondary N) is 1. The van der Waals surface area contributed by atoms with Crippen molar-refractivity contribution in [3.8, 4) is 22.3 Å². The zero-order valence-electron chi connectivity index (χ0n) is 24.8. The number of aromatic amines is 1. The molecule has 0 aliphatic heterocycles. The lowest BCUT2D eigenvalue weighted by Gasteiger charge is -2.16. The fourth-order valence-electron chi connectivity index (χ4n) is 7.81. The van der Waals surface area contributed by atoms with Crippen molar-refractivity contribution < 1.29 is 0 Å². The second-order valence-corrected chi connectivity index (χ2v) is 12.3. The van der Waals surface area contributed by atoms with E-state index in [1.807, 2.05) is 0 Å². The van der Waals surface area contributed by atoms with Crippen molar-refractivity contribution >= 4 is 75.9 Å². The molecule has 10 aromatic rings. The first kappa shape index (κ1) is 24.6. The second-order valence-electron chi connectivity index (χ2n) is 12.3. The van der Waals surface area contributed by atoms with Crippen LogP contribution >= 0.6 is 0 Å². The predicted octanol–water partition coefficient (Wildman–Crippen LogP) is 11.8. The Labute approximate surface area is 259 Å². The third-order valence-electron chi connectivity index (χ3n) is 9.90. The van der Waals surface area contributed by atoms with Gasteiger partial charge in [-0.15, -0.1) is 0 Å². The molecule has 2 aromatic heterocycles. The van der Waals surface area contributed by atoms with Crippen LogP contribution in [0.15, 0.2) is 146 Å². The molecular formula is C43H28N2. The van der Waals surface area contributed by atoms with E-state index in [0.29, 0.717) is 0 Å². The normalized spacial score (nSPS) is 12.1. The number of para-hydroxylation sites is 2. The number of H-pyrrole nitrogens is 1. The van der Waals surface area contributed by atoms with E-state index >= 15 is 0 Å². The summed E-state index contributed by atoms with van der Waals surface area (Å²) in [7, 11) is 2.16. The summed E-state index contributed by atoms with van der Waals surface area (Å²) in [5, 5.41) is 12.8. The maximum Gasteiger partial charge on any atom is 0.0489 e. The molecule has 2 nitrogen and oxygen atoms in total. The van der Waals surface area contributed by atoms with Crippen molar-refractivity contribution in [3.63, 3.8) is 0 Å². The van der Waals surface area contributed by atoms with E-state index in [0.717, 1.165) is 0 Å². The Bertz CT molecular complexity index is 2830. The maximum absolute atomic E-state index is 3.59. The molecule has 210 valence electrons. The van der Waals surface area contributed by atoms with E-state index in [-0.39, 0.29) is 0 Å². The van der Waals surface area contributed by atoms with E-state index in [1.165, 1.54) is 98.2 Å². The van der Waals surface area contributed by atoms with E-state index < -0.39 is 0 Å². The van der Waals surface area contributed by atoms with Crippen molar-refractivity contribution in [3.05, 3.63) is 146 Å². The van der Waals surface area contributed by atoms with Gasteiger partial charge in [0.1, 0.15) is 0 Å². The highest BCUT2D eigenvalue weighted by Crippen LogP contribution is 2.43. The van der Waals surface area contributed by atoms with E-state index in [4.69, 9.17) is 0 Å². The van der Waals surface area contributed by atoms with Crippen LogP contribution in [0.25, 0.3) is 98.2 Å². The number of fused-ring (bicyclic) bond motifs is 11. The van der Waals surface area contributed by atoms with E-state index in [2.05, 4.69) is 162 Å². The van der Waals surface area contributed by atoms with Crippen molar-refractivity contribution in [2.75, 3.05) is 0 Å². The number of hydrogen-bond acceptors (Lipinski definition) is 0. The molecule has 0 aliphatic carbocycles. The fraction of sp³-hybridized carbons (Fsp3) is 0.0233. The lowest BCUT2D eigenvalue weighted by molar-refractivity contribution is 1.01. The Morgan fingerprint density at radius 3 is 1.62 bits per heavy atom. The molecule has 0 bridgehead atoms. The highest BCUT2D eigenvalue weighted by molar-refractivity contribution is 6.26. The Morgan fingerprint density at radius 2 is 0.911 bits per heavy atom. The van der Waals surface area contributed by atoms with Crippen LogP contribution in [0.1, 0.15) is 0 Å². The predicted molar refractivity (Wildman–Crippen MR) is 193 cm³/mol. The van der Waals surface area contributed by atoms with Gasteiger partial charge in [0.2, 0.25) is 0 Å².